The first-order chi connectivity index (χ1) is 9.36. The van der Waals surface area contributed by atoms with Crippen LogP contribution in [0.15, 0.2) is 29.4 Å². The lowest BCUT2D eigenvalue weighted by Gasteiger charge is -2.07. The maximum Gasteiger partial charge on any atom is 0.170 e. The smallest absolute Gasteiger partial charge is 0.170 e. The minimum atomic E-state index is 0.457. The van der Waals surface area contributed by atoms with Gasteiger partial charge in [-0.15, -0.1) is 0 Å². The zero-order valence-electron chi connectivity index (χ0n) is 11.3. The van der Waals surface area contributed by atoms with Crippen molar-refractivity contribution in [2.24, 2.45) is 0 Å². The van der Waals surface area contributed by atoms with Crippen LogP contribution in [0.4, 0.5) is 0 Å². The van der Waals surface area contributed by atoms with Crippen LogP contribution in [0, 0.1) is 11.3 Å². The lowest BCUT2D eigenvalue weighted by atomic mass is 10.2. The molecule has 2 aromatic rings. The molecule has 19 heavy (non-hydrogen) atoms. The van der Waals surface area contributed by atoms with Gasteiger partial charge >= 0.3 is 0 Å². The molecule has 0 aliphatic heterocycles. The van der Waals surface area contributed by atoms with Crippen molar-refractivity contribution >= 4 is 22.8 Å². The predicted octanol–water partition coefficient (Wildman–Crippen LogP) is 4.23. The highest BCUT2D eigenvalue weighted by Crippen LogP contribution is 2.24. The van der Waals surface area contributed by atoms with Crippen molar-refractivity contribution in [2.45, 2.75) is 44.3 Å². The van der Waals surface area contributed by atoms with Gasteiger partial charge in [0.15, 0.2) is 5.16 Å². The summed E-state index contributed by atoms with van der Waals surface area (Å²) in [6, 6.07) is 10.4. The molecule has 0 unspecified atom stereocenters. The predicted molar refractivity (Wildman–Crippen MR) is 80.2 cm³/mol. The molecule has 0 fully saturated rings. The average Bonchev–Trinajstić information content (AvgIpc) is 2.79. The minimum absolute atomic E-state index is 0.457. The minimum Gasteiger partial charge on any atom is -0.319 e. The third kappa shape index (κ3) is 3.51. The number of unbranched alkanes of at least 4 members (excludes halogenated alkanes) is 3. The lowest BCUT2D eigenvalue weighted by molar-refractivity contribution is 0.563. The van der Waals surface area contributed by atoms with Crippen molar-refractivity contribution in [3.8, 4) is 6.07 Å². The molecule has 1 aromatic heterocycles. The lowest BCUT2D eigenvalue weighted by Crippen LogP contribution is -2.00. The van der Waals surface area contributed by atoms with Gasteiger partial charge in [0.2, 0.25) is 0 Å². The van der Waals surface area contributed by atoms with Crippen LogP contribution in [-0.4, -0.2) is 15.3 Å². The molecule has 0 aliphatic carbocycles. The number of fused-ring (bicyclic) bond motifs is 1. The van der Waals surface area contributed by atoms with E-state index in [0.29, 0.717) is 5.75 Å². The van der Waals surface area contributed by atoms with Gasteiger partial charge in [-0.3, -0.25) is 0 Å². The van der Waals surface area contributed by atoms with Crippen LogP contribution in [0.25, 0.3) is 11.0 Å². The Kier molecular flexibility index (Phi) is 5.29. The largest absolute Gasteiger partial charge is 0.319 e. The van der Waals surface area contributed by atoms with E-state index in [2.05, 4.69) is 28.6 Å². The standard InChI is InChI=1S/C15H19N3S/c1-2-3-4-7-11-18-14-9-6-5-8-13(14)17-15(18)19-12-10-16/h5-6,8-9H,2-4,7,11-12H2,1H3. The number of aryl methyl sites for hydroxylation is 1. The van der Waals surface area contributed by atoms with Gasteiger partial charge in [0.25, 0.3) is 0 Å². The number of aromatic nitrogens is 2. The fourth-order valence-electron chi connectivity index (χ4n) is 2.17. The third-order valence-electron chi connectivity index (χ3n) is 3.12. The molecule has 0 saturated heterocycles. The number of imidazole rings is 1. The highest BCUT2D eigenvalue weighted by Gasteiger charge is 2.10. The number of hydrogen-bond donors (Lipinski definition) is 0. The Labute approximate surface area is 118 Å². The van der Waals surface area contributed by atoms with Gasteiger partial charge in [-0.2, -0.15) is 5.26 Å². The molecule has 0 radical (unpaired) electrons. The first-order valence-electron chi connectivity index (χ1n) is 6.82. The van der Waals surface area contributed by atoms with Crippen molar-refractivity contribution in [1.82, 2.24) is 9.55 Å². The molecule has 0 aliphatic rings. The molecule has 1 aromatic carbocycles. The second-order valence-electron chi connectivity index (χ2n) is 4.54. The topological polar surface area (TPSA) is 41.6 Å². The van der Waals surface area contributed by atoms with Crippen LogP contribution >= 0.6 is 11.8 Å². The van der Waals surface area contributed by atoms with Crippen LogP contribution in [0.2, 0.25) is 0 Å². The highest BCUT2D eigenvalue weighted by atomic mass is 32.2. The second kappa shape index (κ2) is 7.20. The summed E-state index contributed by atoms with van der Waals surface area (Å²) in [7, 11) is 0. The number of rotatable bonds is 7. The summed E-state index contributed by atoms with van der Waals surface area (Å²) < 4.78 is 2.26. The SMILES string of the molecule is CCCCCCn1c(SCC#N)nc2ccccc21. The Bertz CT molecular complexity index is 568. The van der Waals surface area contributed by atoms with Gasteiger partial charge in [0.05, 0.1) is 22.9 Å². The molecule has 4 heteroatoms. The first kappa shape index (κ1) is 14.0. The molecule has 0 amide bonds. The van der Waals surface area contributed by atoms with Crippen LogP contribution < -0.4 is 0 Å². The van der Waals surface area contributed by atoms with Crippen LogP contribution in [0.3, 0.4) is 0 Å². The Morgan fingerprint density at radius 3 is 2.89 bits per heavy atom. The molecule has 2 rings (SSSR count). The van der Waals surface area contributed by atoms with E-state index < -0.39 is 0 Å². The van der Waals surface area contributed by atoms with E-state index in [4.69, 9.17) is 5.26 Å². The normalized spacial score (nSPS) is 10.7. The number of hydrogen-bond acceptors (Lipinski definition) is 3. The molecule has 100 valence electrons. The van der Waals surface area contributed by atoms with Crippen LogP contribution in [0.5, 0.6) is 0 Å². The van der Waals surface area contributed by atoms with Gasteiger partial charge in [-0.1, -0.05) is 50.1 Å². The molecule has 0 saturated carbocycles. The van der Waals surface area contributed by atoms with E-state index in [0.717, 1.165) is 17.2 Å². The number of nitrogens with zero attached hydrogens (tertiary/aromatic N) is 3. The van der Waals surface area contributed by atoms with Crippen molar-refractivity contribution in [2.75, 3.05) is 5.75 Å². The number of thioether (sulfide) groups is 1. The Balaban J connectivity index is 2.19. The van der Waals surface area contributed by atoms with E-state index in [1.54, 1.807) is 0 Å². The Morgan fingerprint density at radius 1 is 1.26 bits per heavy atom. The number of nitriles is 1. The van der Waals surface area contributed by atoms with E-state index >= 15 is 0 Å². The van der Waals surface area contributed by atoms with Gasteiger partial charge in [0, 0.05) is 6.54 Å². The number of benzene rings is 1. The first-order valence-corrected chi connectivity index (χ1v) is 7.80. The Morgan fingerprint density at radius 2 is 2.11 bits per heavy atom. The molecule has 0 spiro atoms. The zero-order valence-corrected chi connectivity index (χ0v) is 12.1. The second-order valence-corrected chi connectivity index (χ2v) is 5.48. The molecule has 0 N–H and O–H groups in total. The summed E-state index contributed by atoms with van der Waals surface area (Å²) >= 11 is 1.53. The van der Waals surface area contributed by atoms with Gasteiger partial charge in [0.1, 0.15) is 0 Å². The summed E-state index contributed by atoms with van der Waals surface area (Å²) in [5, 5.41) is 9.70. The average molecular weight is 273 g/mol. The summed E-state index contributed by atoms with van der Waals surface area (Å²) in [6.07, 6.45) is 4.97. The molecular formula is C15H19N3S. The van der Waals surface area contributed by atoms with Gasteiger partial charge in [-0.25, -0.2) is 4.98 Å². The van der Waals surface area contributed by atoms with E-state index in [-0.39, 0.29) is 0 Å². The van der Waals surface area contributed by atoms with E-state index in [1.165, 1.54) is 43.0 Å². The molecule has 0 bridgehead atoms. The molecule has 3 nitrogen and oxygen atoms in total. The van der Waals surface area contributed by atoms with Crippen molar-refractivity contribution in [1.29, 1.82) is 5.26 Å². The Hall–Kier alpha value is -1.47. The zero-order chi connectivity index (χ0) is 13.5. The summed E-state index contributed by atoms with van der Waals surface area (Å²) in [4.78, 5) is 4.62. The fourth-order valence-corrected chi connectivity index (χ4v) is 2.88. The summed E-state index contributed by atoms with van der Waals surface area (Å²) in [5.74, 6) is 0.457. The fraction of sp³-hybridized carbons (Fsp3) is 0.467. The van der Waals surface area contributed by atoms with E-state index in [9.17, 15) is 0 Å². The van der Waals surface area contributed by atoms with Crippen molar-refractivity contribution in [3.63, 3.8) is 0 Å². The van der Waals surface area contributed by atoms with Gasteiger partial charge < -0.3 is 4.57 Å². The molecule has 1 heterocycles. The van der Waals surface area contributed by atoms with Crippen LogP contribution in [-0.2, 0) is 6.54 Å². The molecule has 0 atom stereocenters. The molecular weight excluding hydrogens is 254 g/mol. The monoisotopic (exact) mass is 273 g/mol. The maximum absolute atomic E-state index is 8.73. The van der Waals surface area contributed by atoms with Crippen molar-refractivity contribution < 1.29 is 0 Å². The third-order valence-corrected chi connectivity index (χ3v) is 3.96. The van der Waals surface area contributed by atoms with Crippen molar-refractivity contribution in [3.05, 3.63) is 24.3 Å². The summed E-state index contributed by atoms with van der Waals surface area (Å²) in [6.45, 7) is 3.22. The van der Waals surface area contributed by atoms with Crippen LogP contribution in [0.1, 0.15) is 32.6 Å². The summed E-state index contributed by atoms with van der Waals surface area (Å²) in [5.41, 5.74) is 2.21. The highest BCUT2D eigenvalue weighted by molar-refractivity contribution is 7.99. The van der Waals surface area contributed by atoms with Gasteiger partial charge in [-0.05, 0) is 18.6 Å². The quantitative estimate of drug-likeness (QED) is 0.560. The van der Waals surface area contributed by atoms with E-state index in [1.807, 2.05) is 18.2 Å². The maximum atomic E-state index is 8.73. The number of para-hydroxylation sites is 2.